The third kappa shape index (κ3) is 10.7. The summed E-state index contributed by atoms with van der Waals surface area (Å²) in [7, 11) is -2.80. The van der Waals surface area contributed by atoms with Gasteiger partial charge in [0.2, 0.25) is 23.6 Å². The van der Waals surface area contributed by atoms with Gasteiger partial charge in [0.15, 0.2) is 5.78 Å². The Hall–Kier alpha value is -4.02. The lowest BCUT2D eigenvalue weighted by molar-refractivity contribution is -0.148. The maximum Gasteiger partial charge on any atom is 0.362 e. The Morgan fingerprint density at radius 1 is 1.00 bits per heavy atom. The van der Waals surface area contributed by atoms with Crippen molar-refractivity contribution in [1.29, 1.82) is 0 Å². The number of aromatic nitrogens is 1. The van der Waals surface area contributed by atoms with Gasteiger partial charge < -0.3 is 24.2 Å². The molecule has 3 saturated heterocycles. The minimum absolute atomic E-state index is 0.0129. The van der Waals surface area contributed by atoms with E-state index in [1.165, 1.54) is 4.90 Å². The molecule has 0 spiro atoms. The van der Waals surface area contributed by atoms with Crippen LogP contribution >= 0.6 is 11.6 Å². The summed E-state index contributed by atoms with van der Waals surface area (Å²) < 4.78 is 44.8. The molecule has 5 fully saturated rings. The maximum atomic E-state index is 14.6. The van der Waals surface area contributed by atoms with Gasteiger partial charge in [0.05, 0.1) is 36.6 Å². The van der Waals surface area contributed by atoms with Crippen molar-refractivity contribution in [2.24, 2.45) is 22.7 Å². The largest absolute Gasteiger partial charge is 0.497 e. The normalized spacial score (nSPS) is 25.0. The van der Waals surface area contributed by atoms with E-state index in [4.69, 9.17) is 25.3 Å². The number of carbonyl (C=O) groups is 5. The molecule has 0 unspecified atom stereocenters. The first-order valence-corrected chi connectivity index (χ1v) is 23.0. The van der Waals surface area contributed by atoms with Gasteiger partial charge in [-0.2, -0.15) is 8.42 Å². The summed E-state index contributed by atoms with van der Waals surface area (Å²) in [6, 6.07) is 6.40. The number of benzene rings is 1. The maximum absolute atomic E-state index is 14.6. The van der Waals surface area contributed by atoms with Crippen LogP contribution in [0.15, 0.2) is 30.5 Å². The van der Waals surface area contributed by atoms with Crippen molar-refractivity contribution < 1.29 is 46.0 Å². The summed E-state index contributed by atoms with van der Waals surface area (Å²) >= 11 is 5.17. The number of hydrogen-bond acceptors (Lipinski definition) is 11. The molecule has 4 heterocycles. The summed E-state index contributed by atoms with van der Waals surface area (Å²) in [5.41, 5.74) is -2.67. The van der Waals surface area contributed by atoms with Gasteiger partial charge in [-0.25, -0.2) is 13.9 Å². The third-order valence-electron chi connectivity index (χ3n) is 12.8. The van der Waals surface area contributed by atoms with Crippen molar-refractivity contribution in [3.8, 4) is 11.6 Å². The molecule has 1 aromatic carbocycles. The number of likely N-dealkylation sites (tertiary alicyclic amines) is 3. The van der Waals surface area contributed by atoms with Gasteiger partial charge in [-0.05, 0) is 104 Å². The number of rotatable bonds is 14. The van der Waals surface area contributed by atoms with Crippen molar-refractivity contribution in [3.63, 3.8) is 0 Å². The molecule has 330 valence electrons. The van der Waals surface area contributed by atoms with Crippen molar-refractivity contribution >= 4 is 61.5 Å². The van der Waals surface area contributed by atoms with E-state index in [0.717, 1.165) is 49.5 Å². The second-order valence-corrected chi connectivity index (χ2v) is 20.0. The predicted molar refractivity (Wildman–Crippen MR) is 225 cm³/mol. The quantitative estimate of drug-likeness (QED) is 0.173. The highest BCUT2D eigenvalue weighted by atomic mass is 35.5. The Balaban J connectivity index is 0.000000676. The number of Topliss-reactive ketones (excluding diaryl/α,β-unsaturated/α-hetero) is 1. The number of amides is 4. The lowest BCUT2D eigenvalue weighted by atomic mass is 9.77. The van der Waals surface area contributed by atoms with Gasteiger partial charge >= 0.3 is 15.7 Å². The molecule has 0 bridgehead atoms. The first kappa shape index (κ1) is 45.5. The number of methoxy groups -OCH3 is 1. The second kappa shape index (κ2) is 18.1. The molecule has 5 aliphatic rings. The molecule has 2 aromatic rings. The average Bonchev–Trinajstić information content (AvgIpc) is 3.71. The van der Waals surface area contributed by atoms with Crippen LogP contribution in [0.25, 0.3) is 10.8 Å². The second-order valence-electron chi connectivity index (χ2n) is 18.4. The summed E-state index contributed by atoms with van der Waals surface area (Å²) in [6.45, 7) is 12.4. The zero-order chi connectivity index (χ0) is 43.6. The highest BCUT2D eigenvalue weighted by Crippen LogP contribution is 2.58. The van der Waals surface area contributed by atoms with E-state index in [9.17, 15) is 32.4 Å². The number of halogens is 1. The fourth-order valence-electron chi connectivity index (χ4n) is 8.75. The topological polar surface area (TPSA) is 182 Å². The first-order chi connectivity index (χ1) is 28.3. The van der Waals surface area contributed by atoms with Crippen LogP contribution in [-0.2, 0) is 33.7 Å². The summed E-state index contributed by atoms with van der Waals surface area (Å²) in [6.07, 6.45) is 7.04. The summed E-state index contributed by atoms with van der Waals surface area (Å²) in [5.74, 6) is -1.43. The molecule has 2 saturated carbocycles. The van der Waals surface area contributed by atoms with Crippen molar-refractivity contribution in [2.45, 2.75) is 123 Å². The van der Waals surface area contributed by atoms with E-state index in [0.29, 0.717) is 50.4 Å². The molecule has 7 rings (SSSR count). The lowest BCUT2D eigenvalue weighted by Crippen LogP contribution is -2.49. The smallest absolute Gasteiger partial charge is 0.362 e. The molecule has 4 amide bonds. The highest BCUT2D eigenvalue weighted by Gasteiger charge is 2.62. The Labute approximate surface area is 358 Å². The molecule has 2 aliphatic carbocycles. The van der Waals surface area contributed by atoms with E-state index in [1.807, 2.05) is 45.9 Å². The Morgan fingerprint density at radius 2 is 1.65 bits per heavy atom. The van der Waals surface area contributed by atoms with Gasteiger partial charge in [-0.1, -0.05) is 34.1 Å². The number of fused-ring (bicyclic) bond motifs is 1. The molecule has 60 heavy (non-hydrogen) atoms. The zero-order valence-electron chi connectivity index (χ0n) is 35.7. The van der Waals surface area contributed by atoms with Crippen molar-refractivity contribution in [1.82, 2.24) is 24.4 Å². The minimum Gasteiger partial charge on any atom is -0.497 e. The number of nitrogens with zero attached hydrogens (tertiary/aromatic N) is 4. The first-order valence-electron chi connectivity index (χ1n) is 21.2. The predicted octanol–water partition coefficient (Wildman–Crippen LogP) is 6.01. The molecule has 0 radical (unpaired) electrons. The monoisotopic (exact) mass is 873 g/mol. The van der Waals surface area contributed by atoms with Gasteiger partial charge in [0.1, 0.15) is 11.9 Å². The molecule has 1 aromatic heterocycles. The lowest BCUT2D eigenvalue weighted by Gasteiger charge is -2.35. The van der Waals surface area contributed by atoms with Crippen LogP contribution in [0.2, 0.25) is 0 Å². The Bertz CT molecular complexity index is 2060. The summed E-state index contributed by atoms with van der Waals surface area (Å²) in [4.78, 5) is 76.0. The number of ether oxygens (including phenoxy) is 2. The average molecular weight is 874 g/mol. The van der Waals surface area contributed by atoms with Crippen LogP contribution in [0.5, 0.6) is 11.6 Å². The molecular weight excluding hydrogens is 814 g/mol. The minimum atomic E-state index is -4.39. The van der Waals surface area contributed by atoms with Gasteiger partial charge in [0.25, 0.3) is 0 Å². The van der Waals surface area contributed by atoms with Crippen LogP contribution in [0, 0.1) is 22.7 Å². The molecule has 1 N–H and O–H groups in total. The van der Waals surface area contributed by atoms with E-state index < -0.39 is 50.7 Å². The van der Waals surface area contributed by atoms with Crippen LogP contribution < -0.4 is 14.2 Å². The van der Waals surface area contributed by atoms with E-state index in [2.05, 4.69) is 9.71 Å². The van der Waals surface area contributed by atoms with Crippen molar-refractivity contribution in [3.05, 3.63) is 30.5 Å². The highest BCUT2D eigenvalue weighted by molar-refractivity contribution is 7.85. The summed E-state index contributed by atoms with van der Waals surface area (Å²) in [5, 5.41) is 1.28. The Kier molecular flexibility index (Phi) is 13.8. The van der Waals surface area contributed by atoms with Crippen LogP contribution in [-0.4, -0.2) is 115 Å². The van der Waals surface area contributed by atoms with E-state index in [-0.39, 0.29) is 54.7 Å². The molecule has 17 heteroatoms. The zero-order valence-corrected chi connectivity index (χ0v) is 37.2. The van der Waals surface area contributed by atoms with Crippen LogP contribution in [0.4, 0.5) is 4.79 Å². The standard InChI is InChI=1S/C38H52N4O9S.C5H8ClNO/c1-7-25-21-38(25,35(46)40-52(47,48)51-37(5)13-14-37)22-31(43)30-19-27(50-33-28-11-10-26(49-6)18-24(28)12-15-39-33)23-42(30)34(45)29(36(2,3)4)20-32(44)41-16-8-9-17-41;6-5(8)7-3-1-2-4-7/h10-12,15,18,25,27,29-30H,7-9,13-14,16-17,19-23H2,1-6H3,(H,40,46);1-4H2/t25-,27-,29-,30+,38-;/m1./s1. The van der Waals surface area contributed by atoms with Gasteiger partial charge in [-0.15, -0.1) is 0 Å². The van der Waals surface area contributed by atoms with Gasteiger partial charge in [0, 0.05) is 57.0 Å². The number of pyridine rings is 1. The number of hydrogen-bond donors (Lipinski definition) is 1. The third-order valence-corrected chi connectivity index (χ3v) is 14.1. The molecule has 15 nitrogen and oxygen atoms in total. The molecule has 3 aliphatic heterocycles. The van der Waals surface area contributed by atoms with Crippen LogP contribution in [0.3, 0.4) is 0 Å². The number of carbonyl (C=O) groups excluding carboxylic acids is 5. The van der Waals surface area contributed by atoms with E-state index >= 15 is 0 Å². The number of nitrogens with one attached hydrogen (secondary N) is 1. The SMILES string of the molecule is CC[C@@H]1C[C@]1(CC(=O)[C@@H]1C[C@@H](Oc2nccc3cc(OC)ccc23)CN1C(=O)[C@@H](CC(=O)N1CCCC1)C(C)(C)C)C(=O)NS(=O)(=O)OC1(C)CC1.O=C(Cl)N1CCCC1. The fourth-order valence-corrected chi connectivity index (χ4v) is 10.1. The number of ketones is 1. The Morgan fingerprint density at radius 3 is 2.20 bits per heavy atom. The fraction of sp³-hybridized carbons (Fsp3) is 0.674. The van der Waals surface area contributed by atoms with Gasteiger partial charge in [-0.3, -0.25) is 24.0 Å². The molecular formula is C43H60ClN5O10S. The molecule has 5 atom stereocenters. The van der Waals surface area contributed by atoms with Crippen LogP contribution in [0.1, 0.15) is 105 Å². The van der Waals surface area contributed by atoms with Crippen molar-refractivity contribution in [2.75, 3.05) is 39.8 Å². The van der Waals surface area contributed by atoms with E-state index in [1.54, 1.807) is 36.1 Å².